The maximum atomic E-state index is 12.3. The fourth-order valence-electron chi connectivity index (χ4n) is 2.64. The van der Waals surface area contributed by atoms with E-state index in [0.29, 0.717) is 13.0 Å². The number of rotatable bonds is 7. The Balaban J connectivity index is 1.63. The average Bonchev–Trinajstić information content (AvgIpc) is 3.22. The second-order valence-corrected chi connectivity index (χ2v) is 5.69. The van der Waals surface area contributed by atoms with Gasteiger partial charge >= 0.3 is 6.03 Å². The lowest BCUT2D eigenvalue weighted by atomic mass is 10.0. The summed E-state index contributed by atoms with van der Waals surface area (Å²) in [6.45, 7) is 0.327. The van der Waals surface area contributed by atoms with E-state index in [1.54, 1.807) is 11.0 Å². The Labute approximate surface area is 144 Å². The van der Waals surface area contributed by atoms with Crippen LogP contribution in [0.4, 0.5) is 4.79 Å². The minimum Gasteiger partial charge on any atom is -0.348 e. The monoisotopic (exact) mass is 342 g/mol. The number of hydrogen-bond acceptors (Lipinski definition) is 5. The first-order valence-electron chi connectivity index (χ1n) is 7.87. The molecular weight excluding hydrogens is 324 g/mol. The number of aryl methyl sites for hydroxylation is 1. The Morgan fingerprint density at radius 2 is 2.08 bits per heavy atom. The molecule has 0 saturated carbocycles. The molecule has 1 fully saturated rings. The van der Waals surface area contributed by atoms with Crippen molar-refractivity contribution < 1.29 is 14.4 Å². The quantitative estimate of drug-likeness (QED) is 0.693. The second-order valence-electron chi connectivity index (χ2n) is 5.69. The zero-order valence-corrected chi connectivity index (χ0v) is 13.5. The maximum Gasteiger partial charge on any atom is 0.325 e. The number of benzene rings is 1. The van der Waals surface area contributed by atoms with Gasteiger partial charge in [-0.25, -0.2) is 9.78 Å². The Kier molecular flexibility index (Phi) is 5.03. The number of carbonyl (C=O) groups is 3. The van der Waals surface area contributed by atoms with E-state index in [1.165, 1.54) is 11.2 Å². The molecule has 1 unspecified atom stereocenters. The third kappa shape index (κ3) is 4.40. The van der Waals surface area contributed by atoms with Gasteiger partial charge in [-0.3, -0.25) is 19.6 Å². The van der Waals surface area contributed by atoms with Crippen LogP contribution in [0.15, 0.2) is 43.0 Å². The summed E-state index contributed by atoms with van der Waals surface area (Å²) in [5.41, 5.74) is 0.956. The molecule has 25 heavy (non-hydrogen) atoms. The van der Waals surface area contributed by atoms with Gasteiger partial charge in [0.1, 0.15) is 25.7 Å². The van der Waals surface area contributed by atoms with Crippen molar-refractivity contribution in [2.24, 2.45) is 0 Å². The third-order valence-corrected chi connectivity index (χ3v) is 3.85. The molecule has 130 valence electrons. The van der Waals surface area contributed by atoms with Gasteiger partial charge in [0, 0.05) is 6.54 Å². The van der Waals surface area contributed by atoms with Gasteiger partial charge in [0.15, 0.2) is 0 Å². The minimum absolute atomic E-state index is 0.0960. The largest absolute Gasteiger partial charge is 0.348 e. The number of aromatic nitrogens is 3. The smallest absolute Gasteiger partial charge is 0.325 e. The van der Waals surface area contributed by atoms with E-state index in [-0.39, 0.29) is 25.0 Å². The van der Waals surface area contributed by atoms with Crippen LogP contribution in [0, 0.1) is 0 Å². The predicted octanol–water partition coefficient (Wildman–Crippen LogP) is 0.0775. The van der Waals surface area contributed by atoms with Gasteiger partial charge in [0.2, 0.25) is 11.8 Å². The molecule has 0 spiro atoms. The molecule has 3 rings (SSSR count). The summed E-state index contributed by atoms with van der Waals surface area (Å²) < 4.78 is 1.69. The fraction of sp³-hybridized carbons (Fsp3) is 0.312. The van der Waals surface area contributed by atoms with E-state index in [1.807, 2.05) is 30.3 Å². The average molecular weight is 342 g/mol. The highest BCUT2D eigenvalue weighted by molar-refractivity contribution is 6.03. The van der Waals surface area contributed by atoms with Crippen LogP contribution in [-0.4, -0.2) is 50.6 Å². The second kappa shape index (κ2) is 7.56. The van der Waals surface area contributed by atoms with Gasteiger partial charge in [-0.2, -0.15) is 5.10 Å². The van der Waals surface area contributed by atoms with E-state index in [2.05, 4.69) is 20.7 Å². The Hall–Kier alpha value is -3.23. The molecule has 1 aromatic heterocycles. The standard InChI is InChI=1S/C16H18N6O3/c23-14(8-21-9-15(24)20-16(21)25)19-13(12-4-2-1-3-5-12)6-7-22-11-17-10-18-22/h1-5,10-11,13H,6-9H2,(H,19,23)(H,20,24,25). The van der Waals surface area contributed by atoms with Crippen LogP contribution >= 0.6 is 0 Å². The van der Waals surface area contributed by atoms with Crippen LogP contribution in [0.5, 0.6) is 0 Å². The normalized spacial score (nSPS) is 15.1. The Morgan fingerprint density at radius 1 is 1.28 bits per heavy atom. The van der Waals surface area contributed by atoms with Crippen LogP contribution in [0.3, 0.4) is 0 Å². The zero-order valence-electron chi connectivity index (χ0n) is 13.5. The molecule has 0 aliphatic carbocycles. The molecule has 1 aliphatic heterocycles. The summed E-state index contributed by atoms with van der Waals surface area (Å²) in [5.74, 6) is -0.721. The van der Waals surface area contributed by atoms with E-state index in [0.717, 1.165) is 5.56 Å². The summed E-state index contributed by atoms with van der Waals surface area (Å²) >= 11 is 0. The van der Waals surface area contributed by atoms with Crippen molar-refractivity contribution in [3.63, 3.8) is 0 Å². The molecule has 2 aromatic rings. The molecule has 1 aromatic carbocycles. The summed E-state index contributed by atoms with van der Waals surface area (Å²) in [6, 6.07) is 8.78. The highest BCUT2D eigenvalue weighted by Crippen LogP contribution is 2.17. The van der Waals surface area contributed by atoms with Crippen molar-refractivity contribution in [3.05, 3.63) is 48.5 Å². The van der Waals surface area contributed by atoms with E-state index in [9.17, 15) is 14.4 Å². The van der Waals surface area contributed by atoms with E-state index >= 15 is 0 Å². The van der Waals surface area contributed by atoms with Crippen molar-refractivity contribution in [1.29, 1.82) is 0 Å². The SMILES string of the molecule is O=C1CN(CC(=O)NC(CCn2cncn2)c2ccccc2)C(=O)N1. The lowest BCUT2D eigenvalue weighted by Gasteiger charge is -2.21. The summed E-state index contributed by atoms with van der Waals surface area (Å²) in [7, 11) is 0. The van der Waals surface area contributed by atoms with Gasteiger partial charge < -0.3 is 10.2 Å². The van der Waals surface area contributed by atoms with E-state index < -0.39 is 11.9 Å². The number of carbonyl (C=O) groups excluding carboxylic acids is 3. The molecule has 9 heteroatoms. The number of hydrogen-bond donors (Lipinski definition) is 2. The van der Waals surface area contributed by atoms with Gasteiger partial charge in [-0.1, -0.05) is 30.3 Å². The molecular formula is C16H18N6O3. The van der Waals surface area contributed by atoms with Crippen molar-refractivity contribution in [2.75, 3.05) is 13.1 Å². The summed E-state index contributed by atoms with van der Waals surface area (Å²) in [5, 5.41) is 9.13. The number of amides is 4. The maximum absolute atomic E-state index is 12.3. The molecule has 0 radical (unpaired) electrons. The molecule has 0 bridgehead atoms. The number of nitrogens with zero attached hydrogens (tertiary/aromatic N) is 4. The zero-order chi connectivity index (χ0) is 17.6. The summed E-state index contributed by atoms with van der Waals surface area (Å²) in [6.07, 6.45) is 3.69. The lowest BCUT2D eigenvalue weighted by Crippen LogP contribution is -2.40. The lowest BCUT2D eigenvalue weighted by molar-refractivity contribution is -0.122. The first-order valence-corrected chi connectivity index (χ1v) is 7.87. The van der Waals surface area contributed by atoms with E-state index in [4.69, 9.17) is 0 Å². The van der Waals surface area contributed by atoms with Crippen molar-refractivity contribution in [3.8, 4) is 0 Å². The molecule has 1 saturated heterocycles. The number of urea groups is 1. The molecule has 2 heterocycles. The number of nitrogens with one attached hydrogen (secondary N) is 2. The first kappa shape index (κ1) is 16.6. The van der Waals surface area contributed by atoms with Crippen LogP contribution in [0.25, 0.3) is 0 Å². The van der Waals surface area contributed by atoms with Gasteiger partial charge in [0.05, 0.1) is 6.04 Å². The minimum atomic E-state index is -0.543. The molecule has 1 aliphatic rings. The van der Waals surface area contributed by atoms with Crippen LogP contribution in [-0.2, 0) is 16.1 Å². The number of imide groups is 1. The van der Waals surface area contributed by atoms with Crippen LogP contribution in [0.2, 0.25) is 0 Å². The van der Waals surface area contributed by atoms with Crippen LogP contribution in [0.1, 0.15) is 18.0 Å². The van der Waals surface area contributed by atoms with Gasteiger partial charge in [-0.15, -0.1) is 0 Å². The van der Waals surface area contributed by atoms with Gasteiger partial charge in [-0.05, 0) is 12.0 Å². The summed E-state index contributed by atoms with van der Waals surface area (Å²) in [4.78, 5) is 40.1. The highest BCUT2D eigenvalue weighted by Gasteiger charge is 2.28. The van der Waals surface area contributed by atoms with Crippen molar-refractivity contribution in [1.82, 2.24) is 30.3 Å². The topological polar surface area (TPSA) is 109 Å². The van der Waals surface area contributed by atoms with Crippen LogP contribution < -0.4 is 10.6 Å². The highest BCUT2D eigenvalue weighted by atomic mass is 16.2. The first-order chi connectivity index (χ1) is 12.1. The fourth-order valence-corrected chi connectivity index (χ4v) is 2.64. The molecule has 9 nitrogen and oxygen atoms in total. The Morgan fingerprint density at radius 3 is 2.72 bits per heavy atom. The molecule has 1 atom stereocenters. The van der Waals surface area contributed by atoms with Crippen molar-refractivity contribution in [2.45, 2.75) is 19.0 Å². The van der Waals surface area contributed by atoms with Gasteiger partial charge in [0.25, 0.3) is 0 Å². The Bertz CT molecular complexity index is 746. The molecule has 2 N–H and O–H groups in total. The van der Waals surface area contributed by atoms with Crippen molar-refractivity contribution >= 4 is 17.8 Å². The molecule has 4 amide bonds. The third-order valence-electron chi connectivity index (χ3n) is 3.85. The predicted molar refractivity (Wildman–Crippen MR) is 87.1 cm³/mol.